The Kier molecular flexibility index (Phi) is 9.72. The molecule has 0 saturated heterocycles. The van der Waals surface area contributed by atoms with E-state index in [-0.39, 0.29) is 0 Å². The number of carbonyl (C=O) groups is 2. The van der Waals surface area contributed by atoms with Crippen molar-refractivity contribution in [3.8, 4) is 0 Å². The highest BCUT2D eigenvalue weighted by Gasteiger charge is 2.13. The second-order valence-electron chi connectivity index (χ2n) is 4.45. The second-order valence-corrected chi connectivity index (χ2v) is 4.45. The highest BCUT2D eigenvalue weighted by molar-refractivity contribution is 5.87. The van der Waals surface area contributed by atoms with Crippen LogP contribution in [-0.4, -0.2) is 18.0 Å². The van der Waals surface area contributed by atoms with Gasteiger partial charge in [-0.1, -0.05) is 45.4 Å². The predicted octanol–water partition coefficient (Wildman–Crippen LogP) is 2.54. The predicted molar refractivity (Wildman–Crippen MR) is 67.4 cm³/mol. The molecule has 0 heterocycles. The number of ether oxygens (including phenoxy) is 1. The molecule has 0 aliphatic carbocycles. The number of rotatable bonds is 9. The van der Waals surface area contributed by atoms with Crippen LogP contribution in [0.1, 0.15) is 65.2 Å². The molecule has 4 heteroatoms. The third-order valence-electron chi connectivity index (χ3n) is 2.57. The summed E-state index contributed by atoms with van der Waals surface area (Å²) in [5.74, 6) is -1.10. The lowest BCUT2D eigenvalue weighted by molar-refractivity contribution is -0.160. The summed E-state index contributed by atoms with van der Waals surface area (Å²) >= 11 is 0. The number of nitrogens with two attached hydrogens (primary N) is 1. The SMILES string of the molecule is CCCCCCCCCC(=O)OC(=O)[C@H](C)N. The van der Waals surface area contributed by atoms with E-state index >= 15 is 0 Å². The highest BCUT2D eigenvalue weighted by atomic mass is 16.6. The smallest absolute Gasteiger partial charge is 0.330 e. The molecule has 0 amide bonds. The van der Waals surface area contributed by atoms with Crippen LogP contribution in [0.25, 0.3) is 0 Å². The van der Waals surface area contributed by atoms with Crippen molar-refractivity contribution in [3.63, 3.8) is 0 Å². The third kappa shape index (κ3) is 10.00. The fraction of sp³-hybridized carbons (Fsp3) is 0.846. The van der Waals surface area contributed by atoms with Crippen molar-refractivity contribution in [2.45, 2.75) is 71.3 Å². The van der Waals surface area contributed by atoms with Gasteiger partial charge in [0, 0.05) is 6.42 Å². The minimum absolute atomic E-state index is 0.312. The molecule has 0 unspecified atom stereocenters. The summed E-state index contributed by atoms with van der Waals surface area (Å²) in [7, 11) is 0. The minimum atomic E-state index is -0.729. The van der Waals surface area contributed by atoms with Crippen molar-refractivity contribution in [3.05, 3.63) is 0 Å². The maximum atomic E-state index is 11.2. The summed E-state index contributed by atoms with van der Waals surface area (Å²) in [6.07, 6.45) is 8.28. The Labute approximate surface area is 104 Å². The van der Waals surface area contributed by atoms with Crippen LogP contribution < -0.4 is 5.73 Å². The van der Waals surface area contributed by atoms with Crippen molar-refractivity contribution >= 4 is 11.9 Å². The molecular weight excluding hydrogens is 218 g/mol. The van der Waals surface area contributed by atoms with Crippen molar-refractivity contribution in [2.75, 3.05) is 0 Å². The van der Waals surface area contributed by atoms with E-state index in [0.717, 1.165) is 19.3 Å². The quantitative estimate of drug-likeness (QED) is 0.384. The zero-order valence-corrected chi connectivity index (χ0v) is 11.0. The molecule has 4 nitrogen and oxygen atoms in total. The van der Waals surface area contributed by atoms with E-state index in [1.165, 1.54) is 32.6 Å². The Hall–Kier alpha value is -0.900. The van der Waals surface area contributed by atoms with E-state index in [1.54, 1.807) is 0 Å². The van der Waals surface area contributed by atoms with Crippen LogP contribution in [-0.2, 0) is 14.3 Å². The molecule has 0 aliphatic heterocycles. The lowest BCUT2D eigenvalue weighted by Gasteiger charge is -2.05. The van der Waals surface area contributed by atoms with Gasteiger partial charge in [0.05, 0.1) is 0 Å². The number of hydrogen-bond donors (Lipinski definition) is 1. The average Bonchev–Trinajstić information content (AvgIpc) is 2.27. The van der Waals surface area contributed by atoms with Gasteiger partial charge >= 0.3 is 11.9 Å². The largest absolute Gasteiger partial charge is 0.392 e. The van der Waals surface area contributed by atoms with Crippen molar-refractivity contribution in [1.29, 1.82) is 0 Å². The van der Waals surface area contributed by atoms with Crippen molar-refractivity contribution in [1.82, 2.24) is 0 Å². The Bertz CT molecular complexity index is 227. The summed E-state index contributed by atoms with van der Waals surface area (Å²) in [6.45, 7) is 3.69. The summed E-state index contributed by atoms with van der Waals surface area (Å²) in [5, 5.41) is 0. The van der Waals surface area contributed by atoms with Crippen LogP contribution in [0.3, 0.4) is 0 Å². The van der Waals surface area contributed by atoms with E-state index in [9.17, 15) is 9.59 Å². The lowest BCUT2D eigenvalue weighted by atomic mass is 10.1. The van der Waals surface area contributed by atoms with Gasteiger partial charge in [0.15, 0.2) is 0 Å². The first kappa shape index (κ1) is 16.1. The van der Waals surface area contributed by atoms with Gasteiger partial charge in [-0.2, -0.15) is 0 Å². The second kappa shape index (κ2) is 10.3. The highest BCUT2D eigenvalue weighted by Crippen LogP contribution is 2.08. The van der Waals surface area contributed by atoms with Crippen molar-refractivity contribution in [2.24, 2.45) is 5.73 Å². The molecule has 0 spiro atoms. The van der Waals surface area contributed by atoms with Crippen LogP contribution in [0.5, 0.6) is 0 Å². The molecule has 2 N–H and O–H groups in total. The Morgan fingerprint density at radius 3 is 2.12 bits per heavy atom. The zero-order valence-electron chi connectivity index (χ0n) is 11.0. The fourth-order valence-electron chi connectivity index (χ4n) is 1.48. The van der Waals surface area contributed by atoms with Gasteiger partial charge < -0.3 is 10.5 Å². The summed E-state index contributed by atoms with van der Waals surface area (Å²) in [4.78, 5) is 22.2. The first-order valence-corrected chi connectivity index (χ1v) is 6.58. The minimum Gasteiger partial charge on any atom is -0.392 e. The number of esters is 2. The van der Waals surface area contributed by atoms with E-state index in [1.807, 2.05) is 0 Å². The summed E-state index contributed by atoms with van der Waals surface area (Å²) in [6, 6.07) is -0.729. The molecule has 0 fully saturated rings. The topological polar surface area (TPSA) is 69.4 Å². The number of unbranched alkanes of at least 4 members (excludes halogenated alkanes) is 6. The standard InChI is InChI=1S/C13H25NO3/c1-3-4-5-6-7-8-9-10-12(15)17-13(16)11(2)14/h11H,3-10,14H2,1-2H3/t11-/m0/s1. The van der Waals surface area contributed by atoms with Gasteiger partial charge in [0.1, 0.15) is 6.04 Å². The van der Waals surface area contributed by atoms with E-state index in [4.69, 9.17) is 5.73 Å². The number of carbonyl (C=O) groups excluding carboxylic acids is 2. The fourth-order valence-corrected chi connectivity index (χ4v) is 1.48. The maximum Gasteiger partial charge on any atom is 0.330 e. The van der Waals surface area contributed by atoms with Gasteiger partial charge in [0.25, 0.3) is 0 Å². The Balaban J connectivity index is 3.36. The Morgan fingerprint density at radius 2 is 1.59 bits per heavy atom. The van der Waals surface area contributed by atoms with Gasteiger partial charge in [0.2, 0.25) is 0 Å². The average molecular weight is 243 g/mol. The van der Waals surface area contributed by atoms with E-state index < -0.39 is 18.0 Å². The third-order valence-corrected chi connectivity index (χ3v) is 2.57. The molecule has 17 heavy (non-hydrogen) atoms. The maximum absolute atomic E-state index is 11.2. The molecule has 0 rings (SSSR count). The van der Waals surface area contributed by atoms with Gasteiger partial charge in [-0.3, -0.25) is 4.79 Å². The van der Waals surface area contributed by atoms with Gasteiger partial charge in [-0.15, -0.1) is 0 Å². The number of hydrogen-bond acceptors (Lipinski definition) is 4. The van der Waals surface area contributed by atoms with E-state index in [0.29, 0.717) is 6.42 Å². The van der Waals surface area contributed by atoms with E-state index in [2.05, 4.69) is 11.7 Å². The van der Waals surface area contributed by atoms with Crippen LogP contribution >= 0.6 is 0 Å². The monoisotopic (exact) mass is 243 g/mol. The molecule has 0 aromatic heterocycles. The van der Waals surface area contributed by atoms with Crippen LogP contribution in [0.15, 0.2) is 0 Å². The summed E-state index contributed by atoms with van der Waals surface area (Å²) in [5.41, 5.74) is 5.28. The molecule has 0 radical (unpaired) electrons. The van der Waals surface area contributed by atoms with Gasteiger partial charge in [-0.25, -0.2) is 4.79 Å². The normalized spacial score (nSPS) is 12.2. The molecule has 100 valence electrons. The zero-order chi connectivity index (χ0) is 13.1. The Morgan fingerprint density at radius 1 is 1.06 bits per heavy atom. The molecule has 0 saturated carbocycles. The molecule has 0 aliphatic rings. The molecule has 0 bridgehead atoms. The van der Waals surface area contributed by atoms with Crippen molar-refractivity contribution < 1.29 is 14.3 Å². The van der Waals surface area contributed by atoms with Crippen LogP contribution in [0.4, 0.5) is 0 Å². The first-order chi connectivity index (χ1) is 8.07. The first-order valence-electron chi connectivity index (χ1n) is 6.58. The van der Waals surface area contributed by atoms with Crippen LogP contribution in [0, 0.1) is 0 Å². The molecule has 0 aromatic carbocycles. The van der Waals surface area contributed by atoms with Crippen LogP contribution in [0.2, 0.25) is 0 Å². The van der Waals surface area contributed by atoms with Gasteiger partial charge in [-0.05, 0) is 13.3 Å². The molecular formula is C13H25NO3. The summed E-state index contributed by atoms with van der Waals surface area (Å²) < 4.78 is 4.55. The molecule has 1 atom stereocenters. The molecule has 0 aromatic rings. The lowest BCUT2D eigenvalue weighted by Crippen LogP contribution is -2.30.